The minimum atomic E-state index is 0.759. The molecule has 0 saturated carbocycles. The van der Waals surface area contributed by atoms with E-state index in [0.29, 0.717) is 0 Å². The minimum Gasteiger partial charge on any atom is -0.128 e. The molecule has 0 N–H and O–H groups in total. The second-order valence-corrected chi connectivity index (χ2v) is 3.91. The number of rotatable bonds is 2. The molecule has 0 aromatic heterocycles. The standard InChI is InChI=1S/C15H11Cl/c1-2-3-12-4-6-13(7-5-12)14-8-10-15(16)11-9-14/h3-11H,1H2. The Bertz CT molecular complexity index is 514. The molecule has 0 amide bonds. The van der Waals surface area contributed by atoms with E-state index in [1.807, 2.05) is 42.5 Å². The highest BCUT2D eigenvalue weighted by Gasteiger charge is 1.96. The van der Waals surface area contributed by atoms with Crippen LogP contribution in [0.4, 0.5) is 0 Å². The monoisotopic (exact) mass is 226 g/mol. The Morgan fingerprint density at radius 1 is 0.875 bits per heavy atom. The van der Waals surface area contributed by atoms with Crippen molar-refractivity contribution in [1.29, 1.82) is 0 Å². The fourth-order valence-electron chi connectivity index (χ4n) is 1.53. The van der Waals surface area contributed by atoms with Crippen LogP contribution in [0.2, 0.25) is 5.02 Å². The third kappa shape index (κ3) is 2.43. The van der Waals surface area contributed by atoms with Crippen LogP contribution in [0.25, 0.3) is 17.2 Å². The molecule has 16 heavy (non-hydrogen) atoms. The molecule has 0 aliphatic carbocycles. The van der Waals surface area contributed by atoms with Crippen LogP contribution < -0.4 is 0 Å². The van der Waals surface area contributed by atoms with E-state index in [4.69, 9.17) is 11.6 Å². The first-order chi connectivity index (χ1) is 7.79. The van der Waals surface area contributed by atoms with Gasteiger partial charge in [0.1, 0.15) is 0 Å². The van der Waals surface area contributed by atoms with Crippen molar-refractivity contribution in [1.82, 2.24) is 0 Å². The van der Waals surface area contributed by atoms with Gasteiger partial charge in [-0.15, -0.1) is 5.73 Å². The summed E-state index contributed by atoms with van der Waals surface area (Å²) in [5, 5.41) is 0.759. The van der Waals surface area contributed by atoms with E-state index in [-0.39, 0.29) is 0 Å². The van der Waals surface area contributed by atoms with Crippen LogP contribution in [0.1, 0.15) is 5.56 Å². The summed E-state index contributed by atoms with van der Waals surface area (Å²) in [7, 11) is 0. The predicted octanol–water partition coefficient (Wildman–Crippen LogP) is 4.81. The lowest BCUT2D eigenvalue weighted by Gasteiger charge is -2.02. The lowest BCUT2D eigenvalue weighted by molar-refractivity contribution is 1.60. The second kappa shape index (κ2) is 4.85. The van der Waals surface area contributed by atoms with Gasteiger partial charge in [0.15, 0.2) is 0 Å². The SMILES string of the molecule is C=C=Cc1ccc(-c2ccc(Cl)cc2)cc1. The molecule has 0 atom stereocenters. The van der Waals surface area contributed by atoms with Crippen molar-refractivity contribution in [2.45, 2.75) is 0 Å². The Morgan fingerprint density at radius 3 is 1.88 bits per heavy atom. The van der Waals surface area contributed by atoms with Gasteiger partial charge in [0, 0.05) is 5.02 Å². The van der Waals surface area contributed by atoms with Crippen molar-refractivity contribution in [2.75, 3.05) is 0 Å². The van der Waals surface area contributed by atoms with Crippen LogP contribution in [0.5, 0.6) is 0 Å². The van der Waals surface area contributed by atoms with Crippen molar-refractivity contribution >= 4 is 17.7 Å². The molecule has 0 aliphatic heterocycles. The predicted molar refractivity (Wildman–Crippen MR) is 70.5 cm³/mol. The van der Waals surface area contributed by atoms with Gasteiger partial charge in [-0.25, -0.2) is 0 Å². The highest BCUT2D eigenvalue weighted by molar-refractivity contribution is 6.30. The molecular formula is C15H11Cl. The van der Waals surface area contributed by atoms with Gasteiger partial charge in [0.25, 0.3) is 0 Å². The van der Waals surface area contributed by atoms with Gasteiger partial charge >= 0.3 is 0 Å². The van der Waals surface area contributed by atoms with Gasteiger partial charge in [-0.3, -0.25) is 0 Å². The average Bonchev–Trinajstić information content (AvgIpc) is 2.32. The van der Waals surface area contributed by atoms with Gasteiger partial charge in [-0.1, -0.05) is 54.6 Å². The summed E-state index contributed by atoms with van der Waals surface area (Å²) in [6, 6.07) is 16.1. The van der Waals surface area contributed by atoms with E-state index >= 15 is 0 Å². The molecule has 0 saturated heterocycles. The molecule has 0 spiro atoms. The highest BCUT2D eigenvalue weighted by Crippen LogP contribution is 2.21. The Hall–Kier alpha value is -1.75. The number of hydrogen-bond donors (Lipinski definition) is 0. The summed E-state index contributed by atoms with van der Waals surface area (Å²) < 4.78 is 0. The minimum absolute atomic E-state index is 0.759. The first kappa shape index (κ1) is 10.8. The molecule has 1 heteroatoms. The zero-order chi connectivity index (χ0) is 11.4. The summed E-state index contributed by atoms with van der Waals surface area (Å²) in [5.74, 6) is 0. The first-order valence-corrected chi connectivity index (χ1v) is 5.39. The quantitative estimate of drug-likeness (QED) is 0.645. The zero-order valence-corrected chi connectivity index (χ0v) is 9.54. The topological polar surface area (TPSA) is 0 Å². The fraction of sp³-hybridized carbons (Fsp3) is 0. The lowest BCUT2D eigenvalue weighted by atomic mass is 10.0. The van der Waals surface area contributed by atoms with Crippen LogP contribution in [-0.4, -0.2) is 0 Å². The number of halogens is 1. The van der Waals surface area contributed by atoms with Crippen molar-refractivity contribution in [2.24, 2.45) is 0 Å². The van der Waals surface area contributed by atoms with E-state index in [1.165, 1.54) is 11.1 Å². The molecule has 2 rings (SSSR count). The third-order valence-corrected chi connectivity index (χ3v) is 2.61. The fourth-order valence-corrected chi connectivity index (χ4v) is 1.66. The van der Waals surface area contributed by atoms with Crippen LogP contribution in [-0.2, 0) is 0 Å². The second-order valence-electron chi connectivity index (χ2n) is 3.48. The van der Waals surface area contributed by atoms with E-state index in [2.05, 4.69) is 24.4 Å². The zero-order valence-electron chi connectivity index (χ0n) is 8.78. The maximum absolute atomic E-state index is 5.85. The van der Waals surface area contributed by atoms with Crippen LogP contribution in [0.3, 0.4) is 0 Å². The van der Waals surface area contributed by atoms with Gasteiger partial charge in [0.2, 0.25) is 0 Å². The van der Waals surface area contributed by atoms with Crippen LogP contribution >= 0.6 is 11.6 Å². The molecule has 0 nitrogen and oxygen atoms in total. The van der Waals surface area contributed by atoms with E-state index in [0.717, 1.165) is 10.6 Å². The smallest absolute Gasteiger partial charge is 0.0406 e. The van der Waals surface area contributed by atoms with Crippen molar-refractivity contribution in [3.8, 4) is 11.1 Å². The largest absolute Gasteiger partial charge is 0.128 e. The van der Waals surface area contributed by atoms with Gasteiger partial charge in [-0.05, 0) is 34.9 Å². The van der Waals surface area contributed by atoms with Gasteiger partial charge in [0.05, 0.1) is 0 Å². The van der Waals surface area contributed by atoms with Crippen LogP contribution in [0.15, 0.2) is 60.8 Å². The summed E-state index contributed by atoms with van der Waals surface area (Å²) in [5.41, 5.74) is 6.21. The molecule has 0 fully saturated rings. The Kier molecular flexibility index (Phi) is 3.26. The summed E-state index contributed by atoms with van der Waals surface area (Å²) in [6.45, 7) is 3.55. The van der Waals surface area contributed by atoms with E-state index < -0.39 is 0 Å². The molecular weight excluding hydrogens is 216 g/mol. The number of hydrogen-bond acceptors (Lipinski definition) is 0. The van der Waals surface area contributed by atoms with Crippen LogP contribution in [0, 0.1) is 0 Å². The molecule has 0 heterocycles. The maximum atomic E-state index is 5.85. The highest BCUT2D eigenvalue weighted by atomic mass is 35.5. The summed E-state index contributed by atoms with van der Waals surface area (Å²) >= 11 is 5.85. The Balaban J connectivity index is 2.34. The maximum Gasteiger partial charge on any atom is 0.0406 e. The van der Waals surface area contributed by atoms with E-state index in [1.54, 1.807) is 0 Å². The molecule has 78 valence electrons. The summed E-state index contributed by atoms with van der Waals surface area (Å²) in [4.78, 5) is 0. The van der Waals surface area contributed by atoms with Crippen molar-refractivity contribution in [3.05, 3.63) is 71.4 Å². The van der Waals surface area contributed by atoms with Crippen molar-refractivity contribution in [3.63, 3.8) is 0 Å². The summed E-state index contributed by atoms with van der Waals surface area (Å²) in [6.07, 6.45) is 1.85. The lowest BCUT2D eigenvalue weighted by Crippen LogP contribution is -1.77. The first-order valence-electron chi connectivity index (χ1n) is 5.01. The van der Waals surface area contributed by atoms with Gasteiger partial charge < -0.3 is 0 Å². The number of benzene rings is 2. The average molecular weight is 227 g/mol. The molecule has 0 bridgehead atoms. The molecule has 0 radical (unpaired) electrons. The molecule has 0 aliphatic rings. The Morgan fingerprint density at radius 2 is 1.38 bits per heavy atom. The molecule has 0 unspecified atom stereocenters. The van der Waals surface area contributed by atoms with Gasteiger partial charge in [-0.2, -0.15) is 0 Å². The Labute approximate surface area is 101 Å². The van der Waals surface area contributed by atoms with E-state index in [9.17, 15) is 0 Å². The molecule has 2 aromatic carbocycles. The third-order valence-electron chi connectivity index (χ3n) is 2.36. The van der Waals surface area contributed by atoms with Crippen molar-refractivity contribution < 1.29 is 0 Å². The normalized spacial score (nSPS) is 9.56. The molecule has 2 aromatic rings.